The van der Waals surface area contributed by atoms with Crippen LogP contribution in [0.5, 0.6) is 0 Å². The van der Waals surface area contributed by atoms with Crippen LogP contribution >= 0.6 is 0 Å². The molecule has 1 unspecified atom stereocenters. The van der Waals surface area contributed by atoms with Crippen LogP contribution in [0.2, 0.25) is 0 Å². The summed E-state index contributed by atoms with van der Waals surface area (Å²) in [6, 6.07) is 4.07. The molecule has 0 spiro atoms. The van der Waals surface area contributed by atoms with Gasteiger partial charge in [-0.15, -0.1) is 0 Å². The van der Waals surface area contributed by atoms with Crippen LogP contribution in [0.3, 0.4) is 0 Å². The maximum absolute atomic E-state index is 8.74. The standard InChI is InChI=1S/C12H16N4/c1-2-10(7-9-3-4-9)15-12-14-6-5-11(8-13)16-12/h5-6,9-10H,2-4,7H2,1H3,(H,14,15,16). The first kappa shape index (κ1) is 10.9. The molecule has 1 aliphatic rings. The first-order valence-corrected chi connectivity index (χ1v) is 5.81. The van der Waals surface area contributed by atoms with Gasteiger partial charge in [-0.1, -0.05) is 19.8 Å². The number of aromatic nitrogens is 2. The van der Waals surface area contributed by atoms with E-state index in [0.717, 1.165) is 12.3 Å². The minimum absolute atomic E-state index is 0.416. The molecule has 0 saturated heterocycles. The molecule has 4 heteroatoms. The van der Waals surface area contributed by atoms with Gasteiger partial charge < -0.3 is 5.32 Å². The van der Waals surface area contributed by atoms with Crippen molar-refractivity contribution in [1.82, 2.24) is 9.97 Å². The zero-order chi connectivity index (χ0) is 11.4. The number of hydrogen-bond acceptors (Lipinski definition) is 4. The van der Waals surface area contributed by atoms with Gasteiger partial charge in [-0.05, 0) is 24.8 Å². The molecule has 0 aromatic carbocycles. The molecular formula is C12H16N4. The Hall–Kier alpha value is -1.63. The summed E-state index contributed by atoms with van der Waals surface area (Å²) >= 11 is 0. The third kappa shape index (κ3) is 2.93. The van der Waals surface area contributed by atoms with Crippen LogP contribution in [0.25, 0.3) is 0 Å². The van der Waals surface area contributed by atoms with Gasteiger partial charge in [0.05, 0.1) is 0 Å². The molecule has 1 aromatic rings. The number of nitrogens with zero attached hydrogens (tertiary/aromatic N) is 3. The van der Waals surface area contributed by atoms with Crippen molar-refractivity contribution in [2.45, 2.75) is 38.6 Å². The van der Waals surface area contributed by atoms with Crippen LogP contribution in [-0.2, 0) is 0 Å². The van der Waals surface area contributed by atoms with E-state index in [0.29, 0.717) is 17.7 Å². The van der Waals surface area contributed by atoms with E-state index in [2.05, 4.69) is 22.2 Å². The Bertz CT molecular complexity index is 392. The van der Waals surface area contributed by atoms with Crippen molar-refractivity contribution in [2.75, 3.05) is 5.32 Å². The fraction of sp³-hybridized carbons (Fsp3) is 0.583. The Labute approximate surface area is 95.7 Å². The molecule has 1 aliphatic carbocycles. The third-order valence-electron chi connectivity index (χ3n) is 2.91. The molecule has 1 aromatic heterocycles. The van der Waals surface area contributed by atoms with Gasteiger partial charge >= 0.3 is 0 Å². The van der Waals surface area contributed by atoms with Gasteiger partial charge in [0.2, 0.25) is 5.95 Å². The fourth-order valence-corrected chi connectivity index (χ4v) is 1.76. The lowest BCUT2D eigenvalue weighted by atomic mass is 10.1. The molecule has 84 valence electrons. The number of rotatable bonds is 5. The van der Waals surface area contributed by atoms with Crippen molar-refractivity contribution in [2.24, 2.45) is 5.92 Å². The fourth-order valence-electron chi connectivity index (χ4n) is 1.76. The zero-order valence-electron chi connectivity index (χ0n) is 9.48. The molecule has 0 bridgehead atoms. The predicted molar refractivity (Wildman–Crippen MR) is 61.8 cm³/mol. The molecule has 1 atom stereocenters. The highest BCUT2D eigenvalue weighted by atomic mass is 15.1. The monoisotopic (exact) mass is 216 g/mol. The summed E-state index contributed by atoms with van der Waals surface area (Å²) in [5.41, 5.74) is 0.416. The third-order valence-corrected chi connectivity index (χ3v) is 2.91. The maximum atomic E-state index is 8.74. The molecule has 4 nitrogen and oxygen atoms in total. The summed E-state index contributed by atoms with van der Waals surface area (Å²) in [5, 5.41) is 12.0. The highest BCUT2D eigenvalue weighted by Gasteiger charge is 2.24. The molecule has 1 saturated carbocycles. The second-order valence-electron chi connectivity index (χ2n) is 4.31. The minimum Gasteiger partial charge on any atom is -0.351 e. The summed E-state index contributed by atoms with van der Waals surface area (Å²) in [6.45, 7) is 2.16. The topological polar surface area (TPSA) is 61.6 Å². The van der Waals surface area contributed by atoms with Gasteiger partial charge in [-0.2, -0.15) is 5.26 Å². The molecule has 1 heterocycles. The summed E-state index contributed by atoms with van der Waals surface area (Å²) in [6.07, 6.45) is 6.60. The van der Waals surface area contributed by atoms with Gasteiger partial charge in [0.1, 0.15) is 11.8 Å². The molecular weight excluding hydrogens is 200 g/mol. The van der Waals surface area contributed by atoms with Gasteiger partial charge in [0, 0.05) is 12.2 Å². The largest absolute Gasteiger partial charge is 0.351 e. The van der Waals surface area contributed by atoms with E-state index >= 15 is 0 Å². The molecule has 0 amide bonds. The summed E-state index contributed by atoms with van der Waals surface area (Å²) < 4.78 is 0. The van der Waals surface area contributed by atoms with Crippen molar-refractivity contribution in [3.63, 3.8) is 0 Å². The lowest BCUT2D eigenvalue weighted by molar-refractivity contribution is 0.583. The lowest BCUT2D eigenvalue weighted by Gasteiger charge is -2.16. The Morgan fingerprint density at radius 3 is 3.06 bits per heavy atom. The average Bonchev–Trinajstić information content (AvgIpc) is 3.12. The van der Waals surface area contributed by atoms with E-state index in [1.807, 2.05) is 6.07 Å². The first-order valence-electron chi connectivity index (χ1n) is 5.81. The van der Waals surface area contributed by atoms with E-state index in [4.69, 9.17) is 5.26 Å². The van der Waals surface area contributed by atoms with Crippen LogP contribution in [0, 0.1) is 17.2 Å². The molecule has 16 heavy (non-hydrogen) atoms. The van der Waals surface area contributed by atoms with E-state index < -0.39 is 0 Å². The highest BCUT2D eigenvalue weighted by molar-refractivity contribution is 5.31. The SMILES string of the molecule is CCC(CC1CC1)Nc1nccc(C#N)n1. The first-order chi connectivity index (χ1) is 7.81. The number of anilines is 1. The molecule has 0 radical (unpaired) electrons. The summed E-state index contributed by atoms with van der Waals surface area (Å²) in [4.78, 5) is 8.25. The molecule has 0 aliphatic heterocycles. The summed E-state index contributed by atoms with van der Waals surface area (Å²) in [7, 11) is 0. The predicted octanol–water partition coefficient (Wildman–Crippen LogP) is 2.34. The normalized spacial score (nSPS) is 16.5. The van der Waals surface area contributed by atoms with Gasteiger partial charge in [-0.25, -0.2) is 9.97 Å². The van der Waals surface area contributed by atoms with Gasteiger partial charge in [0.25, 0.3) is 0 Å². The Kier molecular flexibility index (Phi) is 3.35. The average molecular weight is 216 g/mol. The van der Waals surface area contributed by atoms with Crippen molar-refractivity contribution >= 4 is 5.95 Å². The van der Waals surface area contributed by atoms with Gasteiger partial charge in [-0.3, -0.25) is 0 Å². The van der Waals surface area contributed by atoms with E-state index in [1.165, 1.54) is 19.3 Å². The van der Waals surface area contributed by atoms with Crippen LogP contribution in [0.15, 0.2) is 12.3 Å². The van der Waals surface area contributed by atoms with Crippen molar-refractivity contribution < 1.29 is 0 Å². The Morgan fingerprint density at radius 2 is 2.44 bits per heavy atom. The molecule has 1 fully saturated rings. The Morgan fingerprint density at radius 1 is 1.62 bits per heavy atom. The van der Waals surface area contributed by atoms with Crippen molar-refractivity contribution in [3.8, 4) is 6.07 Å². The number of nitriles is 1. The zero-order valence-corrected chi connectivity index (χ0v) is 9.48. The lowest BCUT2D eigenvalue weighted by Crippen LogP contribution is -2.20. The van der Waals surface area contributed by atoms with Crippen molar-refractivity contribution in [1.29, 1.82) is 5.26 Å². The van der Waals surface area contributed by atoms with Crippen molar-refractivity contribution in [3.05, 3.63) is 18.0 Å². The van der Waals surface area contributed by atoms with Crippen LogP contribution in [-0.4, -0.2) is 16.0 Å². The Balaban J connectivity index is 1.97. The smallest absolute Gasteiger partial charge is 0.224 e. The van der Waals surface area contributed by atoms with Gasteiger partial charge in [0.15, 0.2) is 0 Å². The minimum atomic E-state index is 0.416. The summed E-state index contributed by atoms with van der Waals surface area (Å²) in [5.74, 6) is 1.46. The quantitative estimate of drug-likeness (QED) is 0.820. The highest BCUT2D eigenvalue weighted by Crippen LogP contribution is 2.34. The van der Waals surface area contributed by atoms with Crippen LogP contribution in [0.1, 0.15) is 38.3 Å². The van der Waals surface area contributed by atoms with E-state index in [9.17, 15) is 0 Å². The molecule has 2 rings (SSSR count). The number of hydrogen-bond donors (Lipinski definition) is 1. The maximum Gasteiger partial charge on any atom is 0.224 e. The van der Waals surface area contributed by atoms with E-state index in [1.54, 1.807) is 12.3 Å². The molecule has 1 N–H and O–H groups in total. The number of nitrogens with one attached hydrogen (secondary N) is 1. The van der Waals surface area contributed by atoms with Crippen LogP contribution < -0.4 is 5.32 Å². The second kappa shape index (κ2) is 4.93. The van der Waals surface area contributed by atoms with Crippen LogP contribution in [0.4, 0.5) is 5.95 Å². The van der Waals surface area contributed by atoms with E-state index in [-0.39, 0.29) is 0 Å². The second-order valence-corrected chi connectivity index (χ2v) is 4.31.